The third-order valence-electron chi connectivity index (χ3n) is 5.30. The van der Waals surface area contributed by atoms with Crippen LogP contribution in [-0.2, 0) is 4.74 Å². The number of benzene rings is 1. The zero-order valence-electron chi connectivity index (χ0n) is 12.7. The maximum absolute atomic E-state index is 12.0. The van der Waals surface area contributed by atoms with Crippen molar-refractivity contribution in [2.75, 3.05) is 7.11 Å². The Balaban J connectivity index is 1.84. The molecule has 114 valence electrons. The molecular weight excluding hydrogens is 276 g/mol. The number of nitrogens with zero attached hydrogens (tertiary/aromatic N) is 2. The number of hydrogen-bond donors (Lipinski definition) is 0. The molecule has 4 nitrogen and oxygen atoms in total. The maximum atomic E-state index is 12.0. The monoisotopic (exact) mass is 296 g/mol. The Labute approximate surface area is 130 Å². The first kappa shape index (κ1) is 13.6. The van der Waals surface area contributed by atoms with E-state index in [1.165, 1.54) is 43.9 Å². The molecule has 1 saturated carbocycles. The lowest BCUT2D eigenvalue weighted by Crippen LogP contribution is -2.24. The van der Waals surface area contributed by atoms with Crippen molar-refractivity contribution in [1.29, 1.82) is 0 Å². The van der Waals surface area contributed by atoms with Crippen molar-refractivity contribution in [3.8, 4) is 0 Å². The molecule has 0 saturated heterocycles. The molecule has 0 radical (unpaired) electrons. The molecular formula is C18H20N2O2. The van der Waals surface area contributed by atoms with Gasteiger partial charge in [-0.1, -0.05) is 37.1 Å². The van der Waals surface area contributed by atoms with E-state index in [9.17, 15) is 4.79 Å². The van der Waals surface area contributed by atoms with Crippen LogP contribution in [0.5, 0.6) is 0 Å². The topological polar surface area (TPSA) is 44.1 Å². The summed E-state index contributed by atoms with van der Waals surface area (Å²) < 4.78 is 6.95. The average Bonchev–Trinajstić information content (AvgIpc) is 3.16. The zero-order chi connectivity index (χ0) is 15.1. The molecule has 3 unspecified atom stereocenters. The molecule has 0 N–H and O–H groups in total. The number of hydrogen-bond acceptors (Lipinski definition) is 3. The quantitative estimate of drug-likeness (QED) is 0.796. The van der Waals surface area contributed by atoms with E-state index in [0.29, 0.717) is 17.5 Å². The third-order valence-corrected chi connectivity index (χ3v) is 5.30. The smallest absolute Gasteiger partial charge is 0.356 e. The van der Waals surface area contributed by atoms with Crippen LogP contribution in [0.2, 0.25) is 0 Å². The molecule has 1 aromatic carbocycles. The van der Waals surface area contributed by atoms with Crippen molar-refractivity contribution in [3.63, 3.8) is 0 Å². The maximum Gasteiger partial charge on any atom is 0.356 e. The van der Waals surface area contributed by atoms with E-state index in [2.05, 4.69) is 29.2 Å². The fourth-order valence-corrected chi connectivity index (χ4v) is 4.42. The Morgan fingerprint density at radius 2 is 2.00 bits per heavy atom. The number of ether oxygens (including phenoxy) is 1. The Bertz CT molecular complexity index is 707. The number of fused-ring (bicyclic) bond motifs is 3. The van der Waals surface area contributed by atoms with Crippen LogP contribution in [0.25, 0.3) is 0 Å². The second-order valence-corrected chi connectivity index (χ2v) is 6.31. The van der Waals surface area contributed by atoms with Gasteiger partial charge in [0.25, 0.3) is 0 Å². The molecule has 0 aliphatic heterocycles. The van der Waals surface area contributed by atoms with Crippen molar-refractivity contribution in [2.24, 2.45) is 5.92 Å². The van der Waals surface area contributed by atoms with Crippen LogP contribution < -0.4 is 0 Å². The van der Waals surface area contributed by atoms with Crippen molar-refractivity contribution < 1.29 is 9.53 Å². The SMILES string of the molecule is COC(=O)c1cncn1C1c2ccccc2C2CCCCC21. The highest BCUT2D eigenvalue weighted by Crippen LogP contribution is 2.53. The average molecular weight is 296 g/mol. The number of esters is 1. The minimum Gasteiger partial charge on any atom is -0.464 e. The van der Waals surface area contributed by atoms with Crippen molar-refractivity contribution >= 4 is 5.97 Å². The van der Waals surface area contributed by atoms with Gasteiger partial charge in [0.2, 0.25) is 0 Å². The van der Waals surface area contributed by atoms with Crippen LogP contribution >= 0.6 is 0 Å². The number of rotatable bonds is 2. The third kappa shape index (κ3) is 1.90. The van der Waals surface area contributed by atoms with Gasteiger partial charge in [-0.25, -0.2) is 9.78 Å². The fraction of sp³-hybridized carbons (Fsp3) is 0.444. The normalized spacial score (nSPS) is 26.3. The highest BCUT2D eigenvalue weighted by Gasteiger charge is 2.43. The highest BCUT2D eigenvalue weighted by atomic mass is 16.5. The highest BCUT2D eigenvalue weighted by molar-refractivity contribution is 5.87. The summed E-state index contributed by atoms with van der Waals surface area (Å²) in [6.07, 6.45) is 8.43. The standard InChI is InChI=1S/C18H20N2O2/c1-22-18(21)16-10-19-11-20(16)17-14-8-4-2-6-12(14)13-7-3-5-9-15(13)17/h2,4,6,8,10-11,13,15,17H,3,5,7,9H2,1H3. The molecule has 1 fully saturated rings. The summed E-state index contributed by atoms with van der Waals surface area (Å²) in [6.45, 7) is 0. The van der Waals surface area contributed by atoms with Gasteiger partial charge in [-0.2, -0.15) is 0 Å². The number of aromatic nitrogens is 2. The van der Waals surface area contributed by atoms with Crippen LogP contribution in [0.3, 0.4) is 0 Å². The Morgan fingerprint density at radius 3 is 2.82 bits per heavy atom. The van der Waals surface area contributed by atoms with Gasteiger partial charge in [0.05, 0.1) is 25.7 Å². The molecule has 4 rings (SSSR count). The Morgan fingerprint density at radius 1 is 1.23 bits per heavy atom. The summed E-state index contributed by atoms with van der Waals surface area (Å²) in [6, 6.07) is 8.89. The van der Waals surface area contributed by atoms with Gasteiger partial charge in [0, 0.05) is 0 Å². The van der Waals surface area contributed by atoms with Crippen LogP contribution in [-0.4, -0.2) is 22.6 Å². The molecule has 2 aliphatic carbocycles. The molecule has 22 heavy (non-hydrogen) atoms. The van der Waals surface area contributed by atoms with Gasteiger partial charge in [0.15, 0.2) is 0 Å². The Hall–Kier alpha value is -2.10. The molecule has 1 aromatic heterocycles. The molecule has 2 aromatic rings. The molecule has 0 bridgehead atoms. The largest absolute Gasteiger partial charge is 0.464 e. The van der Waals surface area contributed by atoms with E-state index < -0.39 is 0 Å². The first-order chi connectivity index (χ1) is 10.8. The van der Waals surface area contributed by atoms with Gasteiger partial charge >= 0.3 is 5.97 Å². The van der Waals surface area contributed by atoms with E-state index >= 15 is 0 Å². The van der Waals surface area contributed by atoms with Crippen LogP contribution in [0, 0.1) is 5.92 Å². The summed E-state index contributed by atoms with van der Waals surface area (Å²) in [5.41, 5.74) is 3.36. The van der Waals surface area contributed by atoms with E-state index in [1.807, 2.05) is 4.57 Å². The minimum absolute atomic E-state index is 0.207. The number of methoxy groups -OCH3 is 1. The van der Waals surface area contributed by atoms with Gasteiger partial charge in [-0.15, -0.1) is 0 Å². The van der Waals surface area contributed by atoms with Crippen molar-refractivity contribution in [1.82, 2.24) is 9.55 Å². The van der Waals surface area contributed by atoms with E-state index in [0.717, 1.165) is 0 Å². The molecule has 2 aliphatic rings. The summed E-state index contributed by atoms with van der Waals surface area (Å²) in [5.74, 6) is 0.862. The first-order valence-electron chi connectivity index (χ1n) is 8.00. The van der Waals surface area contributed by atoms with Crippen LogP contribution in [0.15, 0.2) is 36.8 Å². The second kappa shape index (κ2) is 5.27. The molecule has 4 heteroatoms. The number of carbonyl (C=O) groups is 1. The van der Waals surface area contributed by atoms with Crippen molar-refractivity contribution in [2.45, 2.75) is 37.6 Å². The van der Waals surface area contributed by atoms with Gasteiger partial charge in [-0.3, -0.25) is 0 Å². The lowest BCUT2D eigenvalue weighted by Gasteiger charge is -2.30. The van der Waals surface area contributed by atoms with E-state index in [4.69, 9.17) is 4.74 Å². The minimum atomic E-state index is -0.311. The molecule has 3 atom stereocenters. The lowest BCUT2D eigenvalue weighted by molar-refractivity contribution is 0.0584. The molecule has 1 heterocycles. The lowest BCUT2D eigenvalue weighted by atomic mass is 9.78. The predicted molar refractivity (Wildman–Crippen MR) is 82.8 cm³/mol. The summed E-state index contributed by atoms with van der Waals surface area (Å²) >= 11 is 0. The van der Waals surface area contributed by atoms with Crippen LogP contribution in [0.1, 0.15) is 59.3 Å². The van der Waals surface area contributed by atoms with Crippen LogP contribution in [0.4, 0.5) is 0 Å². The number of imidazole rings is 1. The molecule has 0 amide bonds. The van der Waals surface area contributed by atoms with Crippen molar-refractivity contribution in [3.05, 3.63) is 53.6 Å². The summed E-state index contributed by atoms with van der Waals surface area (Å²) in [7, 11) is 1.42. The predicted octanol–water partition coefficient (Wildman–Crippen LogP) is 3.55. The fourth-order valence-electron chi connectivity index (χ4n) is 4.42. The number of carbonyl (C=O) groups excluding carboxylic acids is 1. The van der Waals surface area contributed by atoms with E-state index in [1.54, 1.807) is 12.5 Å². The van der Waals surface area contributed by atoms with E-state index in [-0.39, 0.29) is 12.0 Å². The Kier molecular flexibility index (Phi) is 3.25. The second-order valence-electron chi connectivity index (χ2n) is 6.31. The van der Waals surface area contributed by atoms with Gasteiger partial charge in [-0.05, 0) is 35.8 Å². The van der Waals surface area contributed by atoms with Gasteiger partial charge < -0.3 is 9.30 Å². The zero-order valence-corrected chi connectivity index (χ0v) is 12.7. The summed E-state index contributed by atoms with van der Waals surface area (Å²) in [5, 5.41) is 0. The van der Waals surface area contributed by atoms with Gasteiger partial charge in [0.1, 0.15) is 5.69 Å². The first-order valence-corrected chi connectivity index (χ1v) is 8.00. The molecule has 0 spiro atoms. The summed E-state index contributed by atoms with van der Waals surface area (Å²) in [4.78, 5) is 16.2.